The van der Waals surface area contributed by atoms with Gasteiger partial charge in [0.2, 0.25) is 5.91 Å². The second kappa shape index (κ2) is 7.00. The standard InChI is InChI=1S/C20H22F2N4O2/c1-25-7-5-17(24-25)19(28)26-11-16(13-8-14(21)10-15(22)9-13)20(12-26)6-3-2-4-18(27)23-20/h5,7-10,16H,2-4,6,11-12H2,1H3,(H,23,27)/t16-,20+/m0/s1. The molecule has 0 aliphatic carbocycles. The van der Waals surface area contributed by atoms with Crippen molar-refractivity contribution in [2.75, 3.05) is 13.1 Å². The molecule has 6 nitrogen and oxygen atoms in total. The van der Waals surface area contributed by atoms with Gasteiger partial charge in [0.25, 0.3) is 5.91 Å². The summed E-state index contributed by atoms with van der Waals surface area (Å²) in [7, 11) is 1.73. The third-order valence-electron chi connectivity index (χ3n) is 5.72. The molecule has 2 atom stereocenters. The Balaban J connectivity index is 1.72. The lowest BCUT2D eigenvalue weighted by molar-refractivity contribution is -0.122. The highest BCUT2D eigenvalue weighted by atomic mass is 19.1. The number of nitrogens with zero attached hydrogens (tertiary/aromatic N) is 3. The summed E-state index contributed by atoms with van der Waals surface area (Å²) in [5.74, 6) is -2.07. The fraction of sp³-hybridized carbons (Fsp3) is 0.450. The number of halogens is 2. The molecule has 28 heavy (non-hydrogen) atoms. The van der Waals surface area contributed by atoms with E-state index in [9.17, 15) is 18.4 Å². The van der Waals surface area contributed by atoms with Crippen LogP contribution in [-0.2, 0) is 11.8 Å². The van der Waals surface area contributed by atoms with Crippen molar-refractivity contribution in [1.29, 1.82) is 0 Å². The normalized spacial score (nSPS) is 25.0. The van der Waals surface area contributed by atoms with Gasteiger partial charge in [0.15, 0.2) is 0 Å². The van der Waals surface area contributed by atoms with Crippen molar-refractivity contribution in [3.05, 3.63) is 53.4 Å². The Labute approximate surface area is 161 Å². The molecular formula is C20H22F2N4O2. The fourth-order valence-electron chi connectivity index (χ4n) is 4.47. The number of amides is 2. The smallest absolute Gasteiger partial charge is 0.274 e. The number of rotatable bonds is 2. The molecule has 2 fully saturated rings. The topological polar surface area (TPSA) is 67.2 Å². The van der Waals surface area contributed by atoms with E-state index in [0.717, 1.165) is 18.9 Å². The van der Waals surface area contributed by atoms with Crippen LogP contribution in [0.15, 0.2) is 30.5 Å². The van der Waals surface area contributed by atoms with Gasteiger partial charge in [-0.15, -0.1) is 0 Å². The second-order valence-electron chi connectivity index (χ2n) is 7.73. The third kappa shape index (κ3) is 3.39. The van der Waals surface area contributed by atoms with Crippen molar-refractivity contribution in [2.24, 2.45) is 7.05 Å². The van der Waals surface area contributed by atoms with Crippen LogP contribution in [0.4, 0.5) is 8.78 Å². The van der Waals surface area contributed by atoms with Crippen LogP contribution in [-0.4, -0.2) is 45.1 Å². The van der Waals surface area contributed by atoms with Gasteiger partial charge in [-0.05, 0) is 36.6 Å². The van der Waals surface area contributed by atoms with Crippen LogP contribution < -0.4 is 5.32 Å². The average Bonchev–Trinajstić information content (AvgIpc) is 3.16. The molecule has 0 radical (unpaired) electrons. The van der Waals surface area contributed by atoms with E-state index in [0.29, 0.717) is 24.1 Å². The SMILES string of the molecule is Cn1ccc(C(=O)N2C[C@@H](c3cc(F)cc(F)c3)[C@@]3(CCCCC(=O)N3)C2)n1. The number of aryl methyl sites for hydroxylation is 1. The molecule has 1 aromatic carbocycles. The first kappa shape index (κ1) is 18.6. The highest BCUT2D eigenvalue weighted by Crippen LogP contribution is 2.41. The van der Waals surface area contributed by atoms with Gasteiger partial charge in [-0.25, -0.2) is 8.78 Å². The van der Waals surface area contributed by atoms with E-state index in [2.05, 4.69) is 10.4 Å². The molecule has 2 aliphatic heterocycles. The Morgan fingerprint density at radius 1 is 1.25 bits per heavy atom. The van der Waals surface area contributed by atoms with E-state index < -0.39 is 23.1 Å². The van der Waals surface area contributed by atoms with Gasteiger partial charge >= 0.3 is 0 Å². The molecule has 8 heteroatoms. The minimum absolute atomic E-state index is 0.0912. The minimum Gasteiger partial charge on any atom is -0.348 e. The Bertz CT molecular complexity index is 908. The number of carbonyl (C=O) groups is 2. The molecule has 2 saturated heterocycles. The van der Waals surface area contributed by atoms with Crippen LogP contribution in [0.2, 0.25) is 0 Å². The molecule has 1 N–H and O–H groups in total. The molecule has 4 rings (SSSR count). The van der Waals surface area contributed by atoms with Gasteiger partial charge in [0.1, 0.15) is 17.3 Å². The molecular weight excluding hydrogens is 366 g/mol. The maximum absolute atomic E-state index is 13.9. The molecule has 2 aliphatic rings. The lowest BCUT2D eigenvalue weighted by Gasteiger charge is -2.34. The van der Waals surface area contributed by atoms with E-state index in [4.69, 9.17) is 0 Å². The zero-order valence-electron chi connectivity index (χ0n) is 15.6. The number of hydrogen-bond acceptors (Lipinski definition) is 3. The number of aromatic nitrogens is 2. The summed E-state index contributed by atoms with van der Waals surface area (Å²) in [6.45, 7) is 0.551. The van der Waals surface area contributed by atoms with Gasteiger partial charge in [0, 0.05) is 44.7 Å². The highest BCUT2D eigenvalue weighted by Gasteiger charge is 2.50. The number of carbonyl (C=O) groups excluding carboxylic acids is 2. The van der Waals surface area contributed by atoms with Crippen molar-refractivity contribution in [1.82, 2.24) is 20.0 Å². The van der Waals surface area contributed by atoms with E-state index in [1.54, 1.807) is 28.9 Å². The predicted molar refractivity (Wildman–Crippen MR) is 97.6 cm³/mol. The van der Waals surface area contributed by atoms with Gasteiger partial charge in [-0.3, -0.25) is 14.3 Å². The Morgan fingerprint density at radius 2 is 2.00 bits per heavy atom. The molecule has 1 spiro atoms. The Kier molecular flexibility index (Phi) is 4.64. The van der Waals surface area contributed by atoms with Crippen LogP contribution in [0.1, 0.15) is 47.7 Å². The summed E-state index contributed by atoms with van der Waals surface area (Å²) in [5.41, 5.74) is 0.0258. The van der Waals surface area contributed by atoms with E-state index in [1.165, 1.54) is 12.1 Å². The molecule has 2 amide bonds. The molecule has 3 heterocycles. The number of nitrogens with one attached hydrogen (secondary N) is 1. The highest BCUT2D eigenvalue weighted by molar-refractivity contribution is 5.92. The van der Waals surface area contributed by atoms with Crippen molar-refractivity contribution in [2.45, 2.75) is 37.1 Å². The average molecular weight is 388 g/mol. The second-order valence-corrected chi connectivity index (χ2v) is 7.73. The van der Waals surface area contributed by atoms with E-state index in [1.807, 2.05) is 0 Å². The summed E-state index contributed by atoms with van der Waals surface area (Å²) in [5, 5.41) is 7.25. The van der Waals surface area contributed by atoms with Crippen LogP contribution in [0.5, 0.6) is 0 Å². The summed E-state index contributed by atoms with van der Waals surface area (Å²) in [4.78, 5) is 26.9. The first-order chi connectivity index (χ1) is 13.4. The van der Waals surface area contributed by atoms with Crippen LogP contribution in [0.3, 0.4) is 0 Å². The summed E-state index contributed by atoms with van der Waals surface area (Å²) in [6, 6.07) is 5.05. The largest absolute Gasteiger partial charge is 0.348 e. The summed E-state index contributed by atoms with van der Waals surface area (Å²) in [6.07, 6.45) is 4.31. The Morgan fingerprint density at radius 3 is 2.68 bits per heavy atom. The van der Waals surface area contributed by atoms with Crippen molar-refractivity contribution < 1.29 is 18.4 Å². The van der Waals surface area contributed by atoms with Gasteiger partial charge < -0.3 is 10.2 Å². The first-order valence-electron chi connectivity index (χ1n) is 9.42. The molecule has 0 unspecified atom stereocenters. The van der Waals surface area contributed by atoms with E-state index >= 15 is 0 Å². The Hall–Kier alpha value is -2.77. The zero-order valence-corrected chi connectivity index (χ0v) is 15.6. The van der Waals surface area contributed by atoms with Crippen molar-refractivity contribution >= 4 is 11.8 Å². The molecule has 1 aromatic heterocycles. The summed E-state index contributed by atoms with van der Waals surface area (Å²) >= 11 is 0. The molecule has 0 bridgehead atoms. The van der Waals surface area contributed by atoms with Crippen molar-refractivity contribution in [3.63, 3.8) is 0 Å². The van der Waals surface area contributed by atoms with Gasteiger partial charge in [-0.2, -0.15) is 5.10 Å². The lowest BCUT2D eigenvalue weighted by Crippen LogP contribution is -2.52. The zero-order chi connectivity index (χ0) is 19.9. The number of hydrogen-bond donors (Lipinski definition) is 1. The van der Waals surface area contributed by atoms with Crippen LogP contribution in [0, 0.1) is 11.6 Å². The first-order valence-corrected chi connectivity index (χ1v) is 9.42. The van der Waals surface area contributed by atoms with Gasteiger partial charge in [0.05, 0.1) is 5.54 Å². The third-order valence-corrected chi connectivity index (χ3v) is 5.72. The molecule has 2 aromatic rings. The van der Waals surface area contributed by atoms with Crippen LogP contribution >= 0.6 is 0 Å². The monoisotopic (exact) mass is 388 g/mol. The quantitative estimate of drug-likeness (QED) is 0.859. The minimum atomic E-state index is -0.738. The molecule has 0 saturated carbocycles. The number of likely N-dealkylation sites (tertiary alicyclic amines) is 1. The summed E-state index contributed by atoms with van der Waals surface area (Å²) < 4.78 is 29.3. The van der Waals surface area contributed by atoms with Gasteiger partial charge in [-0.1, -0.05) is 6.42 Å². The van der Waals surface area contributed by atoms with Crippen LogP contribution in [0.25, 0.3) is 0 Å². The predicted octanol–water partition coefficient (Wildman–Crippen LogP) is 2.37. The number of benzene rings is 1. The van der Waals surface area contributed by atoms with E-state index in [-0.39, 0.29) is 24.9 Å². The van der Waals surface area contributed by atoms with Crippen molar-refractivity contribution in [3.8, 4) is 0 Å². The molecule has 148 valence electrons. The lowest BCUT2D eigenvalue weighted by atomic mass is 9.79. The maximum atomic E-state index is 13.9. The maximum Gasteiger partial charge on any atom is 0.274 e. The fourth-order valence-corrected chi connectivity index (χ4v) is 4.47.